The van der Waals surface area contributed by atoms with Crippen LogP contribution in [-0.4, -0.2) is 11.9 Å². The molecule has 88 valence electrons. The van der Waals surface area contributed by atoms with Gasteiger partial charge in [0, 0.05) is 10.9 Å². The number of thiol groups is 1. The van der Waals surface area contributed by atoms with Gasteiger partial charge in [0.1, 0.15) is 5.82 Å². The Hall–Kier alpha value is -1.03. The van der Waals surface area contributed by atoms with Crippen LogP contribution in [0.5, 0.6) is 0 Å². The maximum atomic E-state index is 13.4. The van der Waals surface area contributed by atoms with Gasteiger partial charge in [-0.2, -0.15) is 0 Å². The first-order valence-corrected chi connectivity index (χ1v) is 5.78. The predicted molar refractivity (Wildman–Crippen MR) is 65.5 cm³/mol. The lowest BCUT2D eigenvalue weighted by molar-refractivity contribution is 0.0934. The molecule has 0 saturated carbocycles. The van der Waals surface area contributed by atoms with Gasteiger partial charge in [0.25, 0.3) is 5.91 Å². The van der Waals surface area contributed by atoms with Crippen LogP contribution in [0.3, 0.4) is 0 Å². The van der Waals surface area contributed by atoms with Gasteiger partial charge in [0.05, 0.1) is 5.56 Å². The zero-order valence-electron chi connectivity index (χ0n) is 9.46. The maximum Gasteiger partial charge on any atom is 0.254 e. The summed E-state index contributed by atoms with van der Waals surface area (Å²) in [5.41, 5.74) is 0.0513. The summed E-state index contributed by atoms with van der Waals surface area (Å²) in [5.74, 6) is -0.895. The molecule has 16 heavy (non-hydrogen) atoms. The molecular formula is C12H16FNOS. The summed E-state index contributed by atoms with van der Waals surface area (Å²) < 4.78 is 13.4. The first-order chi connectivity index (χ1) is 7.54. The zero-order valence-corrected chi connectivity index (χ0v) is 10.4. The molecule has 1 amide bonds. The van der Waals surface area contributed by atoms with Crippen molar-refractivity contribution in [2.24, 2.45) is 0 Å². The van der Waals surface area contributed by atoms with Crippen molar-refractivity contribution in [1.29, 1.82) is 0 Å². The fraction of sp³-hybridized carbons (Fsp3) is 0.417. The highest BCUT2D eigenvalue weighted by Gasteiger charge is 2.13. The molecule has 0 heterocycles. The number of carbonyl (C=O) groups excluding carboxylic acids is 1. The lowest BCUT2D eigenvalue weighted by Gasteiger charge is -2.13. The second kappa shape index (κ2) is 5.89. The molecule has 1 N–H and O–H groups in total. The van der Waals surface area contributed by atoms with E-state index in [0.717, 1.165) is 12.8 Å². The van der Waals surface area contributed by atoms with E-state index in [1.54, 1.807) is 0 Å². The van der Waals surface area contributed by atoms with E-state index < -0.39 is 5.82 Å². The van der Waals surface area contributed by atoms with Crippen molar-refractivity contribution in [3.05, 3.63) is 29.6 Å². The quantitative estimate of drug-likeness (QED) is 0.779. The van der Waals surface area contributed by atoms with Gasteiger partial charge in [-0.1, -0.05) is 13.3 Å². The van der Waals surface area contributed by atoms with Gasteiger partial charge >= 0.3 is 0 Å². The van der Waals surface area contributed by atoms with Crippen LogP contribution in [0.15, 0.2) is 23.1 Å². The van der Waals surface area contributed by atoms with Gasteiger partial charge in [0.15, 0.2) is 0 Å². The van der Waals surface area contributed by atoms with Gasteiger partial charge in [-0.15, -0.1) is 12.6 Å². The second-order valence-corrected chi connectivity index (χ2v) is 4.34. The number of nitrogens with one attached hydrogen (secondary N) is 1. The van der Waals surface area contributed by atoms with Crippen LogP contribution in [0.25, 0.3) is 0 Å². The molecular weight excluding hydrogens is 225 g/mol. The number of amides is 1. The van der Waals surface area contributed by atoms with Crippen LogP contribution in [0.4, 0.5) is 4.39 Å². The van der Waals surface area contributed by atoms with Crippen molar-refractivity contribution in [3.63, 3.8) is 0 Å². The zero-order chi connectivity index (χ0) is 12.1. The van der Waals surface area contributed by atoms with Crippen LogP contribution >= 0.6 is 12.6 Å². The molecule has 0 aliphatic carbocycles. The molecule has 0 radical (unpaired) electrons. The van der Waals surface area contributed by atoms with Crippen molar-refractivity contribution in [2.45, 2.75) is 37.6 Å². The SMILES string of the molecule is CCCC(C)NC(=O)c1cc(S)ccc1F. The number of rotatable bonds is 4. The summed E-state index contributed by atoms with van der Waals surface area (Å²) in [4.78, 5) is 12.3. The lowest BCUT2D eigenvalue weighted by Crippen LogP contribution is -2.32. The van der Waals surface area contributed by atoms with E-state index in [9.17, 15) is 9.18 Å². The molecule has 0 saturated heterocycles. The van der Waals surface area contributed by atoms with E-state index in [-0.39, 0.29) is 17.5 Å². The van der Waals surface area contributed by atoms with Gasteiger partial charge in [-0.05, 0) is 31.5 Å². The van der Waals surface area contributed by atoms with Crippen molar-refractivity contribution >= 4 is 18.5 Å². The van der Waals surface area contributed by atoms with E-state index in [2.05, 4.69) is 17.9 Å². The van der Waals surface area contributed by atoms with Crippen molar-refractivity contribution in [2.75, 3.05) is 0 Å². The number of hydrogen-bond donors (Lipinski definition) is 2. The Morgan fingerprint density at radius 2 is 2.25 bits per heavy atom. The van der Waals surface area contributed by atoms with Crippen LogP contribution in [0.1, 0.15) is 37.0 Å². The molecule has 1 rings (SSSR count). The topological polar surface area (TPSA) is 29.1 Å². The highest BCUT2D eigenvalue weighted by Crippen LogP contribution is 2.13. The third kappa shape index (κ3) is 3.52. The molecule has 1 aromatic carbocycles. The highest BCUT2D eigenvalue weighted by molar-refractivity contribution is 7.80. The minimum atomic E-state index is -0.515. The first-order valence-electron chi connectivity index (χ1n) is 5.34. The Morgan fingerprint density at radius 1 is 1.56 bits per heavy atom. The van der Waals surface area contributed by atoms with E-state index in [4.69, 9.17) is 0 Å². The Labute approximate surface area is 101 Å². The Kier molecular flexibility index (Phi) is 4.80. The van der Waals surface area contributed by atoms with Crippen molar-refractivity contribution in [3.8, 4) is 0 Å². The van der Waals surface area contributed by atoms with Gasteiger partial charge in [-0.25, -0.2) is 4.39 Å². The van der Waals surface area contributed by atoms with Gasteiger partial charge in [-0.3, -0.25) is 4.79 Å². The monoisotopic (exact) mass is 241 g/mol. The molecule has 1 aromatic rings. The summed E-state index contributed by atoms with van der Waals surface area (Å²) in [6.45, 7) is 3.95. The highest BCUT2D eigenvalue weighted by atomic mass is 32.1. The first kappa shape index (κ1) is 13.0. The third-order valence-corrected chi connectivity index (χ3v) is 2.57. The molecule has 0 aromatic heterocycles. The Bertz CT molecular complexity index is 381. The minimum Gasteiger partial charge on any atom is -0.349 e. The lowest BCUT2D eigenvalue weighted by atomic mass is 10.1. The van der Waals surface area contributed by atoms with E-state index >= 15 is 0 Å². The number of hydrogen-bond acceptors (Lipinski definition) is 2. The summed E-state index contributed by atoms with van der Waals surface area (Å²) in [6.07, 6.45) is 1.87. The van der Waals surface area contributed by atoms with E-state index in [0.29, 0.717) is 4.90 Å². The fourth-order valence-corrected chi connectivity index (χ4v) is 1.70. The van der Waals surface area contributed by atoms with E-state index in [1.807, 2.05) is 13.8 Å². The average Bonchev–Trinajstić information content (AvgIpc) is 2.21. The van der Waals surface area contributed by atoms with Crippen LogP contribution < -0.4 is 5.32 Å². The minimum absolute atomic E-state index is 0.0513. The number of halogens is 1. The molecule has 0 bridgehead atoms. The van der Waals surface area contributed by atoms with Crippen molar-refractivity contribution < 1.29 is 9.18 Å². The second-order valence-electron chi connectivity index (χ2n) is 3.83. The molecule has 0 aliphatic rings. The summed E-state index contributed by atoms with van der Waals surface area (Å²) in [6, 6.07) is 4.26. The van der Waals surface area contributed by atoms with Crippen LogP contribution in [0, 0.1) is 5.82 Å². The largest absolute Gasteiger partial charge is 0.349 e. The number of benzene rings is 1. The summed E-state index contributed by atoms with van der Waals surface area (Å²) >= 11 is 4.08. The van der Waals surface area contributed by atoms with Crippen molar-refractivity contribution in [1.82, 2.24) is 5.32 Å². The molecule has 1 unspecified atom stereocenters. The molecule has 4 heteroatoms. The molecule has 2 nitrogen and oxygen atoms in total. The van der Waals surface area contributed by atoms with Crippen LogP contribution in [0.2, 0.25) is 0 Å². The normalized spacial score (nSPS) is 12.2. The summed E-state index contributed by atoms with van der Waals surface area (Å²) in [5, 5.41) is 2.75. The molecule has 0 aliphatic heterocycles. The molecule has 0 fully saturated rings. The average molecular weight is 241 g/mol. The Morgan fingerprint density at radius 3 is 2.88 bits per heavy atom. The smallest absolute Gasteiger partial charge is 0.254 e. The standard InChI is InChI=1S/C12H16FNOS/c1-3-4-8(2)14-12(15)10-7-9(16)5-6-11(10)13/h5-8,16H,3-4H2,1-2H3,(H,14,15). The Balaban J connectivity index is 2.76. The van der Waals surface area contributed by atoms with Gasteiger partial charge < -0.3 is 5.32 Å². The third-order valence-electron chi connectivity index (χ3n) is 2.29. The van der Waals surface area contributed by atoms with Gasteiger partial charge in [0.2, 0.25) is 0 Å². The maximum absolute atomic E-state index is 13.4. The predicted octanol–water partition coefficient (Wildman–Crippen LogP) is 3.03. The fourth-order valence-electron chi connectivity index (χ4n) is 1.49. The molecule has 0 spiro atoms. The molecule has 1 atom stereocenters. The van der Waals surface area contributed by atoms with Crippen LogP contribution in [-0.2, 0) is 0 Å². The summed E-state index contributed by atoms with van der Waals surface area (Å²) in [7, 11) is 0. The number of carbonyl (C=O) groups is 1. The van der Waals surface area contributed by atoms with E-state index in [1.165, 1.54) is 18.2 Å².